The number of likely N-dealkylation sites (tertiary alicyclic amines) is 1. The summed E-state index contributed by atoms with van der Waals surface area (Å²) in [6.45, 7) is 3.31. The topological polar surface area (TPSA) is 57.7 Å². The maximum atomic E-state index is 12.8. The molecule has 0 aromatic heterocycles. The van der Waals surface area contributed by atoms with Gasteiger partial charge in [0.05, 0.1) is 6.26 Å². The van der Waals surface area contributed by atoms with Crippen molar-refractivity contribution in [2.45, 2.75) is 57.5 Å². The average Bonchev–Trinajstić information content (AvgIpc) is 2.74. The van der Waals surface area contributed by atoms with Crippen molar-refractivity contribution in [1.29, 1.82) is 0 Å². The molecule has 25 heavy (non-hydrogen) atoms. The number of carbonyl (C=O) groups is 1. The van der Waals surface area contributed by atoms with Gasteiger partial charge in [-0.1, -0.05) is 24.1 Å². The SMILES string of the molecule is Cc1cccc(C(=O)N2CCC[C@@H](N(C3CCC3)S(C)(=O)=O)CC2)c1. The van der Waals surface area contributed by atoms with Crippen LogP contribution in [0, 0.1) is 6.92 Å². The number of sulfonamides is 1. The molecule has 1 aromatic carbocycles. The molecule has 1 atom stereocenters. The Bertz CT molecular complexity index is 728. The highest BCUT2D eigenvalue weighted by atomic mass is 32.2. The van der Waals surface area contributed by atoms with Crippen molar-refractivity contribution in [3.63, 3.8) is 0 Å². The largest absolute Gasteiger partial charge is 0.339 e. The molecule has 1 saturated carbocycles. The highest BCUT2D eigenvalue weighted by Gasteiger charge is 2.37. The van der Waals surface area contributed by atoms with Gasteiger partial charge in [0.2, 0.25) is 10.0 Å². The van der Waals surface area contributed by atoms with E-state index in [1.165, 1.54) is 6.26 Å². The summed E-state index contributed by atoms with van der Waals surface area (Å²) >= 11 is 0. The molecule has 0 N–H and O–H groups in total. The van der Waals surface area contributed by atoms with Gasteiger partial charge in [-0.15, -0.1) is 0 Å². The number of hydrogen-bond donors (Lipinski definition) is 0. The minimum Gasteiger partial charge on any atom is -0.339 e. The molecular weight excluding hydrogens is 336 g/mol. The lowest BCUT2D eigenvalue weighted by atomic mass is 9.91. The predicted octanol–water partition coefficient (Wildman–Crippen LogP) is 2.80. The van der Waals surface area contributed by atoms with Crippen molar-refractivity contribution in [3.05, 3.63) is 35.4 Å². The minimum atomic E-state index is -3.21. The van der Waals surface area contributed by atoms with Crippen molar-refractivity contribution in [2.24, 2.45) is 0 Å². The standard InChI is InChI=1S/C19H28N2O3S/c1-15-6-3-7-16(14-15)19(22)20-12-5-10-18(11-13-20)21(25(2,23)24)17-8-4-9-17/h3,6-7,14,17-18H,4-5,8-13H2,1-2H3/t18-/m1/s1. The lowest BCUT2D eigenvalue weighted by Gasteiger charge is -2.40. The van der Waals surface area contributed by atoms with Gasteiger partial charge >= 0.3 is 0 Å². The van der Waals surface area contributed by atoms with Gasteiger partial charge in [-0.2, -0.15) is 4.31 Å². The zero-order chi connectivity index (χ0) is 18.0. The number of hydrogen-bond acceptors (Lipinski definition) is 3. The molecule has 6 heteroatoms. The van der Waals surface area contributed by atoms with Crippen LogP contribution in [0.1, 0.15) is 54.4 Å². The first-order valence-corrected chi connectivity index (χ1v) is 11.1. The molecule has 1 saturated heterocycles. The molecule has 5 nitrogen and oxygen atoms in total. The maximum absolute atomic E-state index is 12.8. The van der Waals surface area contributed by atoms with Crippen LogP contribution in [0.3, 0.4) is 0 Å². The van der Waals surface area contributed by atoms with E-state index in [0.717, 1.165) is 49.7 Å². The van der Waals surface area contributed by atoms with Crippen molar-refractivity contribution >= 4 is 15.9 Å². The van der Waals surface area contributed by atoms with E-state index in [4.69, 9.17) is 0 Å². The average molecular weight is 365 g/mol. The third kappa shape index (κ3) is 4.23. The van der Waals surface area contributed by atoms with Gasteiger partial charge in [0.1, 0.15) is 0 Å². The lowest BCUT2D eigenvalue weighted by Crippen LogP contribution is -2.50. The van der Waals surface area contributed by atoms with Crippen molar-refractivity contribution in [1.82, 2.24) is 9.21 Å². The first-order chi connectivity index (χ1) is 11.9. The molecule has 1 aliphatic heterocycles. The van der Waals surface area contributed by atoms with Crippen LogP contribution in [0.2, 0.25) is 0 Å². The smallest absolute Gasteiger partial charge is 0.253 e. The van der Waals surface area contributed by atoms with Gasteiger partial charge in [0.15, 0.2) is 0 Å². The Labute approximate surface area is 151 Å². The summed E-state index contributed by atoms with van der Waals surface area (Å²) in [5.41, 5.74) is 1.80. The third-order valence-corrected chi connectivity index (χ3v) is 6.79. The van der Waals surface area contributed by atoms with Crippen LogP contribution in [0.15, 0.2) is 24.3 Å². The zero-order valence-electron chi connectivity index (χ0n) is 15.1. The van der Waals surface area contributed by atoms with E-state index in [1.54, 1.807) is 4.31 Å². The maximum Gasteiger partial charge on any atom is 0.253 e. The fourth-order valence-electron chi connectivity index (χ4n) is 3.98. The number of carbonyl (C=O) groups excluding carboxylic acids is 1. The summed E-state index contributed by atoms with van der Waals surface area (Å²) in [4.78, 5) is 14.7. The normalized spacial score (nSPS) is 22.5. The summed E-state index contributed by atoms with van der Waals surface area (Å²) < 4.78 is 26.3. The first kappa shape index (κ1) is 18.4. The highest BCUT2D eigenvalue weighted by Crippen LogP contribution is 2.32. The minimum absolute atomic E-state index is 0.0237. The number of amides is 1. The van der Waals surface area contributed by atoms with E-state index in [1.807, 2.05) is 36.1 Å². The fraction of sp³-hybridized carbons (Fsp3) is 0.632. The second kappa shape index (κ2) is 7.46. The predicted molar refractivity (Wildman–Crippen MR) is 99.0 cm³/mol. The van der Waals surface area contributed by atoms with Gasteiger partial charge in [-0.05, 0) is 51.2 Å². The molecule has 1 aliphatic carbocycles. The number of rotatable bonds is 4. The lowest BCUT2D eigenvalue weighted by molar-refractivity contribution is 0.0757. The van der Waals surface area contributed by atoms with Crippen LogP contribution in [0.5, 0.6) is 0 Å². The molecular formula is C19H28N2O3S. The fourth-order valence-corrected chi connectivity index (χ4v) is 5.48. The van der Waals surface area contributed by atoms with E-state index in [9.17, 15) is 13.2 Å². The quantitative estimate of drug-likeness (QED) is 0.825. The second-order valence-electron chi connectivity index (χ2n) is 7.42. The second-order valence-corrected chi connectivity index (χ2v) is 9.31. The van der Waals surface area contributed by atoms with Crippen LogP contribution >= 0.6 is 0 Å². The molecule has 3 rings (SSSR count). The molecule has 0 bridgehead atoms. The Morgan fingerprint density at radius 2 is 1.76 bits per heavy atom. The van der Waals surface area contributed by atoms with Gasteiger partial charge in [-0.25, -0.2) is 8.42 Å². The zero-order valence-corrected chi connectivity index (χ0v) is 16.0. The summed E-state index contributed by atoms with van der Waals surface area (Å²) in [6, 6.07) is 7.86. The van der Waals surface area contributed by atoms with Crippen LogP contribution in [0.25, 0.3) is 0 Å². The Hall–Kier alpha value is -1.40. The molecule has 2 fully saturated rings. The monoisotopic (exact) mass is 364 g/mol. The summed E-state index contributed by atoms with van der Waals surface area (Å²) in [5.74, 6) is 0.0545. The Morgan fingerprint density at radius 3 is 2.36 bits per heavy atom. The molecule has 2 aliphatic rings. The number of benzene rings is 1. The van der Waals surface area contributed by atoms with E-state index < -0.39 is 10.0 Å². The summed E-state index contributed by atoms with van der Waals surface area (Å²) in [5, 5.41) is 0. The molecule has 1 aromatic rings. The Balaban J connectivity index is 1.70. The van der Waals surface area contributed by atoms with E-state index in [0.29, 0.717) is 13.1 Å². The summed E-state index contributed by atoms with van der Waals surface area (Å²) in [7, 11) is -3.21. The molecule has 138 valence electrons. The molecule has 0 unspecified atom stereocenters. The third-order valence-electron chi connectivity index (χ3n) is 5.43. The van der Waals surface area contributed by atoms with Crippen molar-refractivity contribution < 1.29 is 13.2 Å². The van der Waals surface area contributed by atoms with E-state index in [-0.39, 0.29) is 18.0 Å². The molecule has 1 amide bonds. The number of nitrogens with zero attached hydrogens (tertiary/aromatic N) is 2. The molecule has 0 radical (unpaired) electrons. The highest BCUT2D eigenvalue weighted by molar-refractivity contribution is 7.88. The van der Waals surface area contributed by atoms with Crippen molar-refractivity contribution in [3.8, 4) is 0 Å². The van der Waals surface area contributed by atoms with Gasteiger partial charge in [-0.3, -0.25) is 4.79 Å². The first-order valence-electron chi connectivity index (χ1n) is 9.21. The van der Waals surface area contributed by atoms with Gasteiger partial charge in [0.25, 0.3) is 5.91 Å². The molecule has 0 spiro atoms. The summed E-state index contributed by atoms with van der Waals surface area (Å²) in [6.07, 6.45) is 6.78. The van der Waals surface area contributed by atoms with Crippen LogP contribution in [0.4, 0.5) is 0 Å². The van der Waals surface area contributed by atoms with E-state index >= 15 is 0 Å². The van der Waals surface area contributed by atoms with Crippen LogP contribution in [-0.2, 0) is 10.0 Å². The van der Waals surface area contributed by atoms with Crippen LogP contribution in [-0.4, -0.2) is 55.0 Å². The molecule has 1 heterocycles. The van der Waals surface area contributed by atoms with Gasteiger partial charge in [0, 0.05) is 30.7 Å². The Kier molecular flexibility index (Phi) is 5.49. The van der Waals surface area contributed by atoms with Crippen LogP contribution < -0.4 is 0 Å². The van der Waals surface area contributed by atoms with Crippen molar-refractivity contribution in [2.75, 3.05) is 19.3 Å². The van der Waals surface area contributed by atoms with Gasteiger partial charge < -0.3 is 4.90 Å². The van der Waals surface area contributed by atoms with E-state index in [2.05, 4.69) is 0 Å². The number of aryl methyl sites for hydroxylation is 1. The Morgan fingerprint density at radius 1 is 1.08 bits per heavy atom.